The van der Waals surface area contributed by atoms with E-state index in [2.05, 4.69) is 24.9 Å². The number of carbonyl (C=O) groups is 1. The smallest absolute Gasteiger partial charge is 0.266 e. The van der Waals surface area contributed by atoms with Crippen molar-refractivity contribution in [3.63, 3.8) is 0 Å². The van der Waals surface area contributed by atoms with E-state index in [1.165, 1.54) is 16.9 Å². The lowest BCUT2D eigenvalue weighted by Crippen LogP contribution is -2.27. The van der Waals surface area contributed by atoms with Crippen LogP contribution in [-0.4, -0.2) is 28.9 Å². The maximum atomic E-state index is 13.0. The summed E-state index contributed by atoms with van der Waals surface area (Å²) in [6.07, 6.45) is 2.02. The zero-order chi connectivity index (χ0) is 20.7. The zero-order valence-corrected chi connectivity index (χ0v) is 17.3. The maximum absolute atomic E-state index is 13.0. The van der Waals surface area contributed by atoms with Gasteiger partial charge in [-0.05, 0) is 29.9 Å². The van der Waals surface area contributed by atoms with Gasteiger partial charge < -0.3 is 16.4 Å². The number of nitrogens with two attached hydrogens (primary N) is 2. The largest absolute Gasteiger partial charge is 0.397 e. The minimum Gasteiger partial charge on any atom is -0.397 e. The molecule has 7 heteroatoms. The fourth-order valence-corrected chi connectivity index (χ4v) is 4.91. The van der Waals surface area contributed by atoms with Crippen LogP contribution in [0.2, 0.25) is 0 Å². The summed E-state index contributed by atoms with van der Waals surface area (Å²) in [6.45, 7) is 5.75. The lowest BCUT2D eigenvalue weighted by molar-refractivity contribution is 0.0798. The zero-order valence-electron chi connectivity index (χ0n) is 16.5. The molecular formula is C22H23N5OS. The number of anilines is 2. The van der Waals surface area contributed by atoms with Crippen molar-refractivity contribution >= 4 is 39.0 Å². The number of hydrogen-bond donors (Lipinski definition) is 2. The van der Waals surface area contributed by atoms with E-state index in [1.807, 2.05) is 29.2 Å². The molecule has 1 aliphatic heterocycles. The lowest BCUT2D eigenvalue weighted by Gasteiger charge is -2.14. The highest BCUT2D eigenvalue weighted by Gasteiger charge is 2.28. The van der Waals surface area contributed by atoms with E-state index in [-0.39, 0.29) is 11.7 Å². The molecule has 1 amide bonds. The van der Waals surface area contributed by atoms with Crippen LogP contribution in [0.25, 0.3) is 21.3 Å². The first-order valence-corrected chi connectivity index (χ1v) is 10.5. The van der Waals surface area contributed by atoms with E-state index >= 15 is 0 Å². The lowest BCUT2D eigenvalue weighted by atomic mass is 9.94. The number of rotatable bonds is 3. The highest BCUT2D eigenvalue weighted by atomic mass is 32.1. The third-order valence-electron chi connectivity index (χ3n) is 5.47. The molecule has 0 spiro atoms. The van der Waals surface area contributed by atoms with E-state index in [1.54, 1.807) is 0 Å². The first kappa shape index (κ1) is 19.2. The van der Waals surface area contributed by atoms with Crippen molar-refractivity contribution in [3.8, 4) is 17.2 Å². The molecule has 1 saturated heterocycles. The van der Waals surface area contributed by atoms with Gasteiger partial charge in [0.1, 0.15) is 27.2 Å². The Labute approximate surface area is 173 Å². The van der Waals surface area contributed by atoms with E-state index < -0.39 is 0 Å². The van der Waals surface area contributed by atoms with Gasteiger partial charge in [0, 0.05) is 24.0 Å². The second-order valence-electron chi connectivity index (χ2n) is 7.66. The summed E-state index contributed by atoms with van der Waals surface area (Å²) >= 11 is 1.25. The monoisotopic (exact) mass is 405 g/mol. The third kappa shape index (κ3) is 3.19. The van der Waals surface area contributed by atoms with Crippen molar-refractivity contribution in [2.24, 2.45) is 0 Å². The van der Waals surface area contributed by atoms with Crippen molar-refractivity contribution in [1.82, 2.24) is 9.88 Å². The molecule has 1 aromatic carbocycles. The normalized spacial score (nSPS) is 13.9. The van der Waals surface area contributed by atoms with Crippen molar-refractivity contribution < 1.29 is 4.79 Å². The van der Waals surface area contributed by atoms with Gasteiger partial charge in [-0.1, -0.05) is 38.1 Å². The molecule has 1 aliphatic rings. The van der Waals surface area contributed by atoms with Crippen LogP contribution in [0.15, 0.2) is 24.3 Å². The van der Waals surface area contributed by atoms with Gasteiger partial charge in [0.05, 0.1) is 5.69 Å². The predicted molar refractivity (Wildman–Crippen MR) is 118 cm³/mol. The van der Waals surface area contributed by atoms with E-state index in [0.717, 1.165) is 31.5 Å². The number of nitrogens with zero attached hydrogens (tertiary/aromatic N) is 3. The number of fused-ring (bicyclic) bond motifs is 1. The number of carbonyl (C=O) groups excluding carboxylic acids is 1. The number of aromatic nitrogens is 1. The van der Waals surface area contributed by atoms with Crippen molar-refractivity contribution in [2.45, 2.75) is 32.6 Å². The first-order chi connectivity index (χ1) is 13.9. The van der Waals surface area contributed by atoms with Gasteiger partial charge in [-0.2, -0.15) is 5.26 Å². The Morgan fingerprint density at radius 1 is 1.21 bits per heavy atom. The van der Waals surface area contributed by atoms with Crippen molar-refractivity contribution in [3.05, 3.63) is 40.3 Å². The quantitative estimate of drug-likeness (QED) is 0.673. The molecule has 1 fully saturated rings. The summed E-state index contributed by atoms with van der Waals surface area (Å²) < 4.78 is 0. The molecule has 148 valence electrons. The van der Waals surface area contributed by atoms with E-state index in [0.29, 0.717) is 37.8 Å². The number of amides is 1. The summed E-state index contributed by atoms with van der Waals surface area (Å²) in [5.41, 5.74) is 15.9. The summed E-state index contributed by atoms with van der Waals surface area (Å²) in [5, 5.41) is 10.4. The van der Waals surface area contributed by atoms with Crippen LogP contribution in [0.3, 0.4) is 0 Å². The molecule has 3 aromatic rings. The Morgan fingerprint density at radius 3 is 2.45 bits per heavy atom. The molecule has 6 nitrogen and oxygen atoms in total. The van der Waals surface area contributed by atoms with Crippen LogP contribution in [0.5, 0.6) is 0 Å². The van der Waals surface area contributed by atoms with Crippen LogP contribution < -0.4 is 11.5 Å². The summed E-state index contributed by atoms with van der Waals surface area (Å²) in [6, 6.07) is 10.2. The topological polar surface area (TPSA) is 109 Å². The molecule has 2 aromatic heterocycles. The molecular weight excluding hydrogens is 382 g/mol. The molecule has 0 bridgehead atoms. The number of thiophene rings is 1. The molecule has 4 rings (SSSR count). The Kier molecular flexibility index (Phi) is 4.89. The van der Waals surface area contributed by atoms with Gasteiger partial charge in [0.15, 0.2) is 0 Å². The number of pyridine rings is 1. The molecule has 4 N–H and O–H groups in total. The number of likely N-dealkylation sites (tertiary alicyclic amines) is 1. The van der Waals surface area contributed by atoms with Gasteiger partial charge in [-0.3, -0.25) is 4.79 Å². The number of nitriles is 1. The third-order valence-corrected chi connectivity index (χ3v) is 6.56. The molecule has 3 heterocycles. The number of nitrogen functional groups attached to an aromatic ring is 2. The SMILES string of the molecule is CC(C)c1ccc(-c2c(C#N)c(N)nc3sc(C(=O)N4CCCC4)c(N)c23)cc1. The average Bonchev–Trinajstić information content (AvgIpc) is 3.35. The maximum Gasteiger partial charge on any atom is 0.266 e. The summed E-state index contributed by atoms with van der Waals surface area (Å²) in [5.74, 6) is 0.489. The van der Waals surface area contributed by atoms with Gasteiger partial charge in [0.25, 0.3) is 5.91 Å². The Balaban J connectivity index is 1.94. The number of hydrogen-bond acceptors (Lipinski definition) is 6. The van der Waals surface area contributed by atoms with Crippen LogP contribution in [0.1, 0.15) is 53.4 Å². The van der Waals surface area contributed by atoms with Crippen LogP contribution in [-0.2, 0) is 0 Å². The van der Waals surface area contributed by atoms with Gasteiger partial charge in [0.2, 0.25) is 0 Å². The molecule has 0 unspecified atom stereocenters. The van der Waals surface area contributed by atoms with Gasteiger partial charge >= 0.3 is 0 Å². The minimum absolute atomic E-state index is 0.0683. The minimum atomic E-state index is -0.0683. The average molecular weight is 406 g/mol. The van der Waals surface area contributed by atoms with E-state index in [9.17, 15) is 10.1 Å². The van der Waals surface area contributed by atoms with Crippen LogP contribution >= 0.6 is 11.3 Å². The molecule has 0 atom stereocenters. The molecule has 0 saturated carbocycles. The summed E-state index contributed by atoms with van der Waals surface area (Å²) in [4.78, 5) is 20.3. The Hall–Kier alpha value is -3.11. The van der Waals surface area contributed by atoms with Gasteiger partial charge in [-0.25, -0.2) is 4.98 Å². The second kappa shape index (κ2) is 7.37. The van der Waals surface area contributed by atoms with Crippen molar-refractivity contribution in [1.29, 1.82) is 5.26 Å². The number of benzene rings is 1. The Morgan fingerprint density at radius 2 is 1.86 bits per heavy atom. The van der Waals surface area contributed by atoms with Crippen LogP contribution in [0, 0.1) is 11.3 Å². The van der Waals surface area contributed by atoms with Crippen molar-refractivity contribution in [2.75, 3.05) is 24.6 Å². The van der Waals surface area contributed by atoms with E-state index in [4.69, 9.17) is 11.5 Å². The molecule has 29 heavy (non-hydrogen) atoms. The predicted octanol–water partition coefficient (Wildman–Crippen LogP) is 4.36. The summed E-state index contributed by atoms with van der Waals surface area (Å²) in [7, 11) is 0. The second-order valence-corrected chi connectivity index (χ2v) is 8.66. The highest BCUT2D eigenvalue weighted by Crippen LogP contribution is 2.43. The highest BCUT2D eigenvalue weighted by molar-refractivity contribution is 7.21. The standard InChI is InChI=1S/C22H23N5OS/c1-12(2)13-5-7-14(8-6-13)16-15(11-23)20(25)26-21-17(16)18(24)19(29-21)22(28)27-9-3-4-10-27/h5-8,12H,3-4,9-10,24H2,1-2H3,(H2,25,26). The first-order valence-electron chi connectivity index (χ1n) is 9.73. The molecule has 0 aliphatic carbocycles. The molecule has 0 radical (unpaired) electrons. The fraction of sp³-hybridized carbons (Fsp3) is 0.318. The Bertz CT molecular complexity index is 1130. The van der Waals surface area contributed by atoms with Gasteiger partial charge in [-0.15, -0.1) is 11.3 Å². The van der Waals surface area contributed by atoms with Crippen LogP contribution in [0.4, 0.5) is 11.5 Å². The fourth-order valence-electron chi connectivity index (χ4n) is 3.83.